The Kier molecular flexibility index (Phi) is 7.99. The van der Waals surface area contributed by atoms with E-state index in [0.717, 1.165) is 52.1 Å². The fraction of sp³-hybridized carbons (Fsp3) is 0.667. The molecule has 1 saturated carbocycles. The van der Waals surface area contributed by atoms with E-state index in [1.54, 1.807) is 0 Å². The summed E-state index contributed by atoms with van der Waals surface area (Å²) in [5.41, 5.74) is 1.72. The average molecular weight is 414 g/mol. The zero-order valence-electron chi connectivity index (χ0n) is 16.2. The van der Waals surface area contributed by atoms with Crippen LogP contribution in [0.15, 0.2) is 30.3 Å². The normalized spacial score (nSPS) is 27.2. The Bertz CT molecular complexity index is 607. The van der Waals surface area contributed by atoms with Crippen molar-refractivity contribution in [1.29, 1.82) is 0 Å². The van der Waals surface area contributed by atoms with Crippen molar-refractivity contribution in [2.45, 2.75) is 45.2 Å². The van der Waals surface area contributed by atoms with Crippen LogP contribution in [0.3, 0.4) is 0 Å². The van der Waals surface area contributed by atoms with E-state index in [9.17, 15) is 4.79 Å². The summed E-state index contributed by atoms with van der Waals surface area (Å²) in [5, 5.41) is 3.43. The highest BCUT2D eigenvalue weighted by Gasteiger charge is 2.58. The number of nitrogens with zero attached hydrogens (tertiary/aromatic N) is 2. The summed E-state index contributed by atoms with van der Waals surface area (Å²) in [4.78, 5) is 17.8. The molecule has 0 aromatic heterocycles. The summed E-state index contributed by atoms with van der Waals surface area (Å²) in [7, 11) is 0. The van der Waals surface area contributed by atoms with E-state index in [4.69, 9.17) is 0 Å². The number of halogens is 2. The molecular weight excluding hydrogens is 381 g/mol. The molecule has 2 saturated heterocycles. The number of rotatable bonds is 3. The molecule has 1 aliphatic carbocycles. The van der Waals surface area contributed by atoms with Crippen LogP contribution in [0.25, 0.3) is 0 Å². The van der Waals surface area contributed by atoms with Gasteiger partial charge in [0.2, 0.25) is 5.91 Å². The Morgan fingerprint density at radius 2 is 1.81 bits per heavy atom. The van der Waals surface area contributed by atoms with Gasteiger partial charge in [-0.25, -0.2) is 0 Å². The van der Waals surface area contributed by atoms with E-state index in [0.29, 0.717) is 23.3 Å². The lowest BCUT2D eigenvalue weighted by Gasteiger charge is -2.27. The number of hydrogen-bond acceptors (Lipinski definition) is 3. The lowest BCUT2D eigenvalue weighted by Crippen LogP contribution is -2.39. The third kappa shape index (κ3) is 4.97. The highest BCUT2D eigenvalue weighted by Crippen LogP contribution is 2.59. The van der Waals surface area contributed by atoms with Crippen molar-refractivity contribution in [3.05, 3.63) is 35.9 Å². The quantitative estimate of drug-likeness (QED) is 0.824. The predicted octanol–water partition coefficient (Wildman–Crippen LogP) is 3.34. The summed E-state index contributed by atoms with van der Waals surface area (Å²) in [5.74, 6) is 0.751. The van der Waals surface area contributed by atoms with Crippen LogP contribution in [0.1, 0.15) is 38.2 Å². The van der Waals surface area contributed by atoms with Crippen molar-refractivity contribution in [2.24, 2.45) is 11.3 Å². The van der Waals surface area contributed by atoms with Gasteiger partial charge in [-0.15, -0.1) is 24.8 Å². The number of hydrogen-bond donors (Lipinski definition) is 1. The minimum Gasteiger partial charge on any atom is -0.341 e. The Hall–Kier alpha value is -0.810. The van der Waals surface area contributed by atoms with Crippen molar-refractivity contribution in [3.63, 3.8) is 0 Å². The van der Waals surface area contributed by atoms with E-state index in [1.807, 2.05) is 0 Å². The van der Waals surface area contributed by atoms with Gasteiger partial charge in [-0.2, -0.15) is 0 Å². The molecule has 1 amide bonds. The topological polar surface area (TPSA) is 35.6 Å². The van der Waals surface area contributed by atoms with Gasteiger partial charge in [0.25, 0.3) is 0 Å². The molecule has 0 bridgehead atoms. The van der Waals surface area contributed by atoms with Crippen LogP contribution in [-0.4, -0.2) is 54.5 Å². The van der Waals surface area contributed by atoms with Crippen LogP contribution in [0, 0.1) is 11.3 Å². The summed E-state index contributed by atoms with van der Waals surface area (Å²) >= 11 is 0. The summed E-state index contributed by atoms with van der Waals surface area (Å²) in [6.07, 6.45) is 4.59. The largest absolute Gasteiger partial charge is 0.341 e. The maximum Gasteiger partial charge on any atom is 0.226 e. The molecule has 27 heavy (non-hydrogen) atoms. The van der Waals surface area contributed by atoms with Gasteiger partial charge in [0, 0.05) is 38.1 Å². The first-order chi connectivity index (χ1) is 12.2. The third-order valence-electron chi connectivity index (χ3n) is 6.72. The predicted molar refractivity (Wildman–Crippen MR) is 115 cm³/mol. The van der Waals surface area contributed by atoms with Crippen LogP contribution in [0.2, 0.25) is 0 Å². The molecule has 2 aliphatic heterocycles. The fourth-order valence-corrected chi connectivity index (χ4v) is 4.77. The van der Waals surface area contributed by atoms with E-state index in [-0.39, 0.29) is 24.8 Å². The molecule has 2 atom stereocenters. The first-order valence-electron chi connectivity index (χ1n) is 9.95. The Labute approximate surface area is 175 Å². The highest BCUT2D eigenvalue weighted by molar-refractivity contribution is 5.85. The number of amides is 1. The first kappa shape index (κ1) is 22.5. The molecule has 3 fully saturated rings. The lowest BCUT2D eigenvalue weighted by atomic mass is 9.91. The fourth-order valence-electron chi connectivity index (χ4n) is 4.77. The van der Waals surface area contributed by atoms with Gasteiger partial charge in [0.05, 0.1) is 0 Å². The molecule has 4 rings (SSSR count). The molecule has 2 heterocycles. The van der Waals surface area contributed by atoms with Gasteiger partial charge >= 0.3 is 0 Å². The molecule has 1 aromatic carbocycles. The minimum absolute atomic E-state index is 0. The Morgan fingerprint density at radius 1 is 1.11 bits per heavy atom. The van der Waals surface area contributed by atoms with Crippen molar-refractivity contribution in [1.82, 2.24) is 15.1 Å². The van der Waals surface area contributed by atoms with Gasteiger partial charge < -0.3 is 10.2 Å². The highest BCUT2D eigenvalue weighted by atomic mass is 35.5. The minimum atomic E-state index is 0. The first-order valence-corrected chi connectivity index (χ1v) is 9.95. The summed E-state index contributed by atoms with van der Waals surface area (Å²) in [6.45, 7) is 8.28. The van der Waals surface area contributed by atoms with Crippen molar-refractivity contribution in [3.8, 4) is 0 Å². The molecule has 152 valence electrons. The standard InChI is InChI=1S/C21H31N3O.2ClH/c1-17-7-12-23(13-14-24(17)16-18-5-3-2-4-6-18)20(25)19-15-21(19)8-10-22-11-9-21;;/h2-6,17,19,22H,7-16H2,1H3;2*1H. The molecule has 1 spiro atoms. The monoisotopic (exact) mass is 413 g/mol. The maximum absolute atomic E-state index is 13.0. The van der Waals surface area contributed by atoms with Gasteiger partial charge in [0.1, 0.15) is 0 Å². The summed E-state index contributed by atoms with van der Waals surface area (Å²) in [6, 6.07) is 11.2. The van der Waals surface area contributed by atoms with E-state index in [2.05, 4.69) is 52.4 Å². The molecule has 2 unspecified atom stereocenters. The number of piperidine rings is 1. The van der Waals surface area contributed by atoms with Gasteiger partial charge in [-0.1, -0.05) is 30.3 Å². The molecule has 4 nitrogen and oxygen atoms in total. The SMILES string of the molecule is CC1CCN(C(=O)C2CC23CCNCC3)CCN1Cc1ccccc1.Cl.Cl. The zero-order chi connectivity index (χ0) is 17.3. The van der Waals surface area contributed by atoms with Crippen molar-refractivity contribution >= 4 is 30.7 Å². The molecule has 0 radical (unpaired) electrons. The molecule has 1 N–H and O–H groups in total. The average Bonchev–Trinajstić information content (AvgIpc) is 3.37. The van der Waals surface area contributed by atoms with E-state index >= 15 is 0 Å². The second-order valence-electron chi connectivity index (χ2n) is 8.29. The second kappa shape index (κ2) is 9.60. The van der Waals surface area contributed by atoms with Crippen molar-refractivity contribution < 1.29 is 4.79 Å². The third-order valence-corrected chi connectivity index (χ3v) is 6.72. The second-order valence-corrected chi connectivity index (χ2v) is 8.29. The van der Waals surface area contributed by atoms with Crippen molar-refractivity contribution in [2.75, 3.05) is 32.7 Å². The van der Waals surface area contributed by atoms with E-state index in [1.165, 1.54) is 18.4 Å². The van der Waals surface area contributed by atoms with Crippen LogP contribution in [-0.2, 0) is 11.3 Å². The van der Waals surface area contributed by atoms with Gasteiger partial charge in [-0.3, -0.25) is 9.69 Å². The smallest absolute Gasteiger partial charge is 0.226 e. The molecule has 1 aromatic rings. The number of carbonyl (C=O) groups excluding carboxylic acids is 1. The number of benzene rings is 1. The zero-order valence-corrected chi connectivity index (χ0v) is 17.9. The van der Waals surface area contributed by atoms with E-state index < -0.39 is 0 Å². The number of nitrogens with one attached hydrogen (secondary N) is 1. The lowest BCUT2D eigenvalue weighted by molar-refractivity contribution is -0.133. The maximum atomic E-state index is 13.0. The molecule has 6 heteroatoms. The molecule has 3 aliphatic rings. The number of carbonyl (C=O) groups is 1. The van der Waals surface area contributed by atoms with Crippen LogP contribution in [0.4, 0.5) is 0 Å². The Morgan fingerprint density at radius 3 is 2.52 bits per heavy atom. The Balaban J connectivity index is 0.00000131. The van der Waals surface area contributed by atoms with Crippen LogP contribution >= 0.6 is 24.8 Å². The summed E-state index contributed by atoms with van der Waals surface area (Å²) < 4.78 is 0. The van der Waals surface area contributed by atoms with Crippen LogP contribution < -0.4 is 5.32 Å². The van der Waals surface area contributed by atoms with Gasteiger partial charge in [-0.05, 0) is 56.7 Å². The van der Waals surface area contributed by atoms with Gasteiger partial charge in [0.15, 0.2) is 0 Å². The molecular formula is C21H33Cl2N3O. The van der Waals surface area contributed by atoms with Crippen LogP contribution in [0.5, 0.6) is 0 Å².